The third-order valence-electron chi connectivity index (χ3n) is 3.00. The van der Waals surface area contributed by atoms with Gasteiger partial charge in [-0.25, -0.2) is 0 Å². The molecule has 0 radical (unpaired) electrons. The van der Waals surface area contributed by atoms with Crippen LogP contribution in [0.4, 0.5) is 0 Å². The van der Waals surface area contributed by atoms with E-state index in [-0.39, 0.29) is 5.54 Å². The van der Waals surface area contributed by atoms with Gasteiger partial charge in [0.25, 0.3) is 0 Å². The topological polar surface area (TPSA) is 36.9 Å². The zero-order valence-corrected chi connectivity index (χ0v) is 12.0. The summed E-state index contributed by atoms with van der Waals surface area (Å²) in [6, 6.07) is 7.85. The average molecular weight is 256 g/mol. The van der Waals surface area contributed by atoms with Gasteiger partial charge in [0.15, 0.2) is 0 Å². The summed E-state index contributed by atoms with van der Waals surface area (Å²) in [4.78, 5) is 0. The van der Waals surface area contributed by atoms with Crippen LogP contribution in [0.1, 0.15) is 18.0 Å². The summed E-state index contributed by atoms with van der Waals surface area (Å²) in [6.45, 7) is 2.05. The van der Waals surface area contributed by atoms with Gasteiger partial charge in [0.2, 0.25) is 0 Å². The van der Waals surface area contributed by atoms with E-state index in [1.54, 1.807) is 28.4 Å². The molecule has 0 aliphatic carbocycles. The Morgan fingerprint density at radius 2 is 1.35 bits per heavy atom. The number of hydrogen-bond acceptors (Lipinski definition) is 4. The van der Waals surface area contributed by atoms with Gasteiger partial charge in [-0.15, -0.1) is 0 Å². The molecular weight excluding hydrogens is 236 g/mol. The molecule has 1 unspecified atom stereocenters. The standard InChI is InChI=1S/C12H20O4Si/c1-10(17(14-3,15-4)16-5)11-6-8-12(13-2)9-7-11/h6-10H,1-5H3. The Hall–Kier alpha value is -0.883. The maximum Gasteiger partial charge on any atom is 0.507 e. The molecule has 0 spiro atoms. The maximum absolute atomic E-state index is 5.47. The Balaban J connectivity index is 2.96. The monoisotopic (exact) mass is 256 g/mol. The van der Waals surface area contributed by atoms with Crippen LogP contribution < -0.4 is 4.74 Å². The second-order valence-corrected chi connectivity index (χ2v) is 7.01. The summed E-state index contributed by atoms with van der Waals surface area (Å²) in [7, 11) is 3.89. The van der Waals surface area contributed by atoms with E-state index in [9.17, 15) is 0 Å². The number of ether oxygens (including phenoxy) is 1. The summed E-state index contributed by atoms with van der Waals surface area (Å²) >= 11 is 0. The summed E-state index contributed by atoms with van der Waals surface area (Å²) in [5.74, 6) is 0.834. The lowest BCUT2D eigenvalue weighted by Gasteiger charge is -2.30. The average Bonchev–Trinajstić information content (AvgIpc) is 2.41. The maximum atomic E-state index is 5.47. The molecule has 1 aromatic rings. The van der Waals surface area contributed by atoms with Crippen molar-refractivity contribution in [1.82, 2.24) is 0 Å². The summed E-state index contributed by atoms with van der Waals surface area (Å²) in [6.07, 6.45) is 0. The van der Waals surface area contributed by atoms with E-state index in [0.29, 0.717) is 0 Å². The van der Waals surface area contributed by atoms with Gasteiger partial charge in [0.1, 0.15) is 5.75 Å². The highest BCUT2D eigenvalue weighted by Crippen LogP contribution is 2.29. The van der Waals surface area contributed by atoms with E-state index in [1.165, 1.54) is 0 Å². The van der Waals surface area contributed by atoms with E-state index in [2.05, 4.69) is 0 Å². The van der Waals surface area contributed by atoms with Gasteiger partial charge in [0, 0.05) is 21.3 Å². The Bertz CT molecular complexity index is 327. The third-order valence-corrected chi connectivity index (χ3v) is 6.10. The zero-order valence-electron chi connectivity index (χ0n) is 11.0. The van der Waals surface area contributed by atoms with Crippen molar-refractivity contribution in [2.24, 2.45) is 0 Å². The quantitative estimate of drug-likeness (QED) is 0.731. The first-order valence-electron chi connectivity index (χ1n) is 5.43. The van der Waals surface area contributed by atoms with Crippen LogP contribution in [-0.2, 0) is 13.3 Å². The lowest BCUT2D eigenvalue weighted by Crippen LogP contribution is -2.48. The van der Waals surface area contributed by atoms with Crippen LogP contribution in [0.5, 0.6) is 5.75 Å². The van der Waals surface area contributed by atoms with Crippen molar-refractivity contribution in [2.45, 2.75) is 12.5 Å². The number of benzene rings is 1. The minimum atomic E-state index is -2.63. The van der Waals surface area contributed by atoms with Crippen LogP contribution in [-0.4, -0.2) is 37.2 Å². The Morgan fingerprint density at radius 1 is 0.882 bits per heavy atom. The van der Waals surface area contributed by atoms with E-state index >= 15 is 0 Å². The molecule has 0 bridgehead atoms. The lowest BCUT2D eigenvalue weighted by molar-refractivity contribution is 0.114. The van der Waals surface area contributed by atoms with Crippen LogP contribution >= 0.6 is 0 Å². The van der Waals surface area contributed by atoms with Crippen molar-refractivity contribution in [3.8, 4) is 5.75 Å². The molecule has 1 rings (SSSR count). The van der Waals surface area contributed by atoms with Crippen LogP contribution in [0.3, 0.4) is 0 Å². The molecule has 17 heavy (non-hydrogen) atoms. The minimum absolute atomic E-state index is 0.0772. The second-order valence-electron chi connectivity index (χ2n) is 3.71. The van der Waals surface area contributed by atoms with Crippen LogP contribution in [0, 0.1) is 0 Å². The normalized spacial score (nSPS) is 13.5. The van der Waals surface area contributed by atoms with Gasteiger partial charge >= 0.3 is 8.80 Å². The van der Waals surface area contributed by atoms with Gasteiger partial charge in [-0.1, -0.05) is 19.1 Å². The van der Waals surface area contributed by atoms with E-state index in [0.717, 1.165) is 11.3 Å². The van der Waals surface area contributed by atoms with Crippen molar-refractivity contribution < 1.29 is 18.0 Å². The van der Waals surface area contributed by atoms with E-state index in [1.807, 2.05) is 31.2 Å². The molecule has 0 saturated carbocycles. The molecular formula is C12H20O4Si. The third kappa shape index (κ3) is 2.87. The van der Waals surface area contributed by atoms with Gasteiger partial charge in [-0.3, -0.25) is 0 Å². The molecule has 96 valence electrons. The van der Waals surface area contributed by atoms with E-state index < -0.39 is 8.80 Å². The highest BCUT2D eigenvalue weighted by Gasteiger charge is 2.45. The Morgan fingerprint density at radius 3 is 1.71 bits per heavy atom. The van der Waals surface area contributed by atoms with Crippen LogP contribution in [0.25, 0.3) is 0 Å². The molecule has 0 aliphatic rings. The van der Waals surface area contributed by atoms with E-state index in [4.69, 9.17) is 18.0 Å². The summed E-state index contributed by atoms with van der Waals surface area (Å²) < 4.78 is 21.5. The molecule has 4 nitrogen and oxygen atoms in total. The molecule has 1 atom stereocenters. The van der Waals surface area contributed by atoms with Gasteiger partial charge < -0.3 is 18.0 Å². The summed E-state index contributed by atoms with van der Waals surface area (Å²) in [5, 5.41) is 0. The largest absolute Gasteiger partial charge is 0.507 e. The van der Waals surface area contributed by atoms with Crippen molar-refractivity contribution >= 4 is 8.80 Å². The fraction of sp³-hybridized carbons (Fsp3) is 0.500. The highest BCUT2D eigenvalue weighted by atomic mass is 28.4. The lowest BCUT2D eigenvalue weighted by atomic mass is 10.1. The summed E-state index contributed by atoms with van der Waals surface area (Å²) in [5.41, 5.74) is 1.19. The predicted octanol–water partition coefficient (Wildman–Crippen LogP) is 2.22. The molecule has 0 amide bonds. The number of hydrogen-bond donors (Lipinski definition) is 0. The predicted molar refractivity (Wildman–Crippen MR) is 68.2 cm³/mol. The van der Waals surface area contributed by atoms with Gasteiger partial charge in [-0.2, -0.15) is 0 Å². The van der Waals surface area contributed by atoms with Gasteiger partial charge in [-0.05, 0) is 17.7 Å². The van der Waals surface area contributed by atoms with Crippen LogP contribution in [0.2, 0.25) is 0 Å². The molecule has 0 saturated heterocycles. The SMILES string of the molecule is COc1ccc(C(C)[Si](OC)(OC)OC)cc1. The Labute approximate surface area is 104 Å². The smallest absolute Gasteiger partial charge is 0.497 e. The van der Waals surface area contributed by atoms with Crippen molar-refractivity contribution in [3.05, 3.63) is 29.8 Å². The van der Waals surface area contributed by atoms with Crippen LogP contribution in [0.15, 0.2) is 24.3 Å². The fourth-order valence-electron chi connectivity index (χ4n) is 1.88. The first-order valence-corrected chi connectivity index (χ1v) is 7.23. The number of rotatable bonds is 6. The first-order chi connectivity index (χ1) is 8.13. The van der Waals surface area contributed by atoms with Gasteiger partial charge in [0.05, 0.1) is 12.7 Å². The minimum Gasteiger partial charge on any atom is -0.497 e. The zero-order chi connectivity index (χ0) is 12.9. The highest BCUT2D eigenvalue weighted by molar-refractivity contribution is 6.62. The fourth-order valence-corrected chi connectivity index (χ4v) is 4.04. The molecule has 0 aliphatic heterocycles. The Kier molecular flexibility index (Phi) is 5.14. The molecule has 0 heterocycles. The second kappa shape index (κ2) is 6.16. The molecule has 0 fully saturated rings. The number of methoxy groups -OCH3 is 1. The first kappa shape index (κ1) is 14.2. The molecule has 1 aromatic carbocycles. The molecule has 0 aromatic heterocycles. The van der Waals surface area contributed by atoms with Crippen molar-refractivity contribution in [1.29, 1.82) is 0 Å². The molecule has 0 N–H and O–H groups in total. The van der Waals surface area contributed by atoms with Crippen molar-refractivity contribution in [3.63, 3.8) is 0 Å². The molecule has 5 heteroatoms. The van der Waals surface area contributed by atoms with Crippen molar-refractivity contribution in [2.75, 3.05) is 28.4 Å².